The van der Waals surface area contributed by atoms with E-state index in [9.17, 15) is 0 Å². The Morgan fingerprint density at radius 3 is 2.48 bits per heavy atom. The largest absolute Gasteiger partial charge is 0.491 e. The van der Waals surface area contributed by atoms with Crippen LogP contribution in [0.4, 0.5) is 11.4 Å². The molecule has 0 saturated heterocycles. The van der Waals surface area contributed by atoms with E-state index in [0.29, 0.717) is 5.69 Å². The lowest BCUT2D eigenvalue weighted by molar-refractivity contribution is 0.242. The maximum atomic E-state index is 5.94. The van der Waals surface area contributed by atoms with E-state index >= 15 is 0 Å². The Morgan fingerprint density at radius 1 is 1.19 bits per heavy atom. The molecule has 2 rings (SSSR count). The Kier molecular flexibility index (Phi) is 4.40. The lowest BCUT2D eigenvalue weighted by Gasteiger charge is -2.17. The van der Waals surface area contributed by atoms with Gasteiger partial charge in [-0.15, -0.1) is 0 Å². The molecule has 0 fully saturated rings. The molecule has 0 aliphatic heterocycles. The highest BCUT2D eigenvalue weighted by Crippen LogP contribution is 2.29. The number of nitrogens with two attached hydrogens (primary N) is 1. The Bertz CT molecular complexity index is 600. The number of anilines is 2. The SMILES string of the molecule is Cc1noc(C)c1C(C)Nc1cc(N)cc(OC(C)C)c1. The van der Waals surface area contributed by atoms with Crippen LogP contribution in [0.25, 0.3) is 0 Å². The number of ether oxygens (including phenoxy) is 1. The van der Waals surface area contributed by atoms with Crippen LogP contribution in [0.3, 0.4) is 0 Å². The van der Waals surface area contributed by atoms with Gasteiger partial charge < -0.3 is 20.3 Å². The number of hydrogen-bond donors (Lipinski definition) is 2. The van der Waals surface area contributed by atoms with E-state index in [-0.39, 0.29) is 12.1 Å². The molecule has 0 spiro atoms. The third-order valence-electron chi connectivity index (χ3n) is 3.21. The summed E-state index contributed by atoms with van der Waals surface area (Å²) in [6.45, 7) is 9.90. The first-order chi connectivity index (χ1) is 9.86. The molecule has 114 valence electrons. The normalized spacial score (nSPS) is 12.5. The smallest absolute Gasteiger partial charge is 0.139 e. The molecule has 5 heteroatoms. The second-order valence-corrected chi connectivity index (χ2v) is 5.56. The highest BCUT2D eigenvalue weighted by Gasteiger charge is 2.16. The number of nitrogens with zero attached hydrogens (tertiary/aromatic N) is 1. The summed E-state index contributed by atoms with van der Waals surface area (Å²) < 4.78 is 10.9. The Labute approximate surface area is 125 Å². The minimum Gasteiger partial charge on any atom is -0.491 e. The third-order valence-corrected chi connectivity index (χ3v) is 3.21. The number of benzene rings is 1. The van der Waals surface area contributed by atoms with Gasteiger partial charge in [-0.3, -0.25) is 0 Å². The van der Waals surface area contributed by atoms with Crippen LogP contribution in [0.2, 0.25) is 0 Å². The summed E-state index contributed by atoms with van der Waals surface area (Å²) in [4.78, 5) is 0. The second-order valence-electron chi connectivity index (χ2n) is 5.56. The van der Waals surface area contributed by atoms with Gasteiger partial charge in [-0.2, -0.15) is 0 Å². The maximum Gasteiger partial charge on any atom is 0.139 e. The van der Waals surface area contributed by atoms with E-state index in [0.717, 1.165) is 28.5 Å². The van der Waals surface area contributed by atoms with E-state index in [4.69, 9.17) is 15.0 Å². The monoisotopic (exact) mass is 289 g/mol. The molecular weight excluding hydrogens is 266 g/mol. The first-order valence-electron chi connectivity index (χ1n) is 7.13. The standard InChI is InChI=1S/C16H23N3O2/c1-9(2)20-15-7-13(17)6-14(8-15)18-10(3)16-11(4)19-21-12(16)5/h6-10,18H,17H2,1-5H3. The minimum atomic E-state index is 0.0740. The van der Waals surface area contributed by atoms with Crippen molar-refractivity contribution >= 4 is 11.4 Å². The molecule has 0 aliphatic carbocycles. The maximum absolute atomic E-state index is 5.94. The number of nitrogens with one attached hydrogen (secondary N) is 1. The molecule has 5 nitrogen and oxygen atoms in total. The van der Waals surface area contributed by atoms with E-state index in [1.165, 1.54) is 0 Å². The topological polar surface area (TPSA) is 73.3 Å². The lowest BCUT2D eigenvalue weighted by atomic mass is 10.1. The zero-order valence-electron chi connectivity index (χ0n) is 13.2. The number of aryl methyl sites for hydroxylation is 2. The zero-order chi connectivity index (χ0) is 15.6. The van der Waals surface area contributed by atoms with E-state index < -0.39 is 0 Å². The van der Waals surface area contributed by atoms with Crippen LogP contribution in [-0.4, -0.2) is 11.3 Å². The zero-order valence-corrected chi connectivity index (χ0v) is 13.2. The average molecular weight is 289 g/mol. The molecule has 0 radical (unpaired) electrons. The molecule has 0 saturated carbocycles. The van der Waals surface area contributed by atoms with Crippen molar-refractivity contribution in [3.05, 3.63) is 35.2 Å². The summed E-state index contributed by atoms with van der Waals surface area (Å²) in [5, 5.41) is 7.41. The Hall–Kier alpha value is -2.17. The van der Waals surface area contributed by atoms with Crippen LogP contribution < -0.4 is 15.8 Å². The van der Waals surface area contributed by atoms with Crippen molar-refractivity contribution in [3.63, 3.8) is 0 Å². The molecule has 0 aliphatic rings. The van der Waals surface area contributed by atoms with E-state index in [2.05, 4.69) is 17.4 Å². The van der Waals surface area contributed by atoms with Crippen LogP contribution in [0.5, 0.6) is 5.75 Å². The van der Waals surface area contributed by atoms with Crippen molar-refractivity contribution in [1.29, 1.82) is 0 Å². The highest BCUT2D eigenvalue weighted by molar-refractivity contribution is 5.60. The van der Waals surface area contributed by atoms with Crippen LogP contribution >= 0.6 is 0 Å². The van der Waals surface area contributed by atoms with Gasteiger partial charge in [0.15, 0.2) is 0 Å². The summed E-state index contributed by atoms with van der Waals surface area (Å²) >= 11 is 0. The van der Waals surface area contributed by atoms with Crippen molar-refractivity contribution in [2.24, 2.45) is 0 Å². The third kappa shape index (κ3) is 3.68. The van der Waals surface area contributed by atoms with Crippen LogP contribution in [-0.2, 0) is 0 Å². The molecule has 21 heavy (non-hydrogen) atoms. The quantitative estimate of drug-likeness (QED) is 0.818. The molecule has 3 N–H and O–H groups in total. The van der Waals surface area contributed by atoms with Gasteiger partial charge in [-0.1, -0.05) is 5.16 Å². The fourth-order valence-corrected chi connectivity index (χ4v) is 2.48. The van der Waals surface area contributed by atoms with Crippen molar-refractivity contribution in [2.45, 2.75) is 46.8 Å². The van der Waals surface area contributed by atoms with Gasteiger partial charge in [0.2, 0.25) is 0 Å². The molecule has 0 amide bonds. The fourth-order valence-electron chi connectivity index (χ4n) is 2.48. The van der Waals surface area contributed by atoms with Crippen molar-refractivity contribution in [2.75, 3.05) is 11.1 Å². The van der Waals surface area contributed by atoms with Gasteiger partial charge in [0.05, 0.1) is 17.8 Å². The first-order valence-corrected chi connectivity index (χ1v) is 7.13. The first kappa shape index (κ1) is 15.2. The summed E-state index contributed by atoms with van der Waals surface area (Å²) in [5.74, 6) is 1.59. The Balaban J connectivity index is 2.21. The van der Waals surface area contributed by atoms with Crippen LogP contribution in [0, 0.1) is 13.8 Å². The number of aromatic nitrogens is 1. The van der Waals surface area contributed by atoms with Crippen molar-refractivity contribution in [1.82, 2.24) is 5.16 Å². The average Bonchev–Trinajstić information content (AvgIpc) is 2.67. The highest BCUT2D eigenvalue weighted by atomic mass is 16.5. The van der Waals surface area contributed by atoms with E-state index in [1.807, 2.05) is 45.9 Å². The molecule has 1 aromatic heterocycles. The van der Waals surface area contributed by atoms with Crippen molar-refractivity contribution in [3.8, 4) is 5.75 Å². The van der Waals surface area contributed by atoms with Gasteiger partial charge in [0.25, 0.3) is 0 Å². The molecular formula is C16H23N3O2. The molecule has 1 atom stereocenters. The van der Waals surface area contributed by atoms with Gasteiger partial charge in [0.1, 0.15) is 11.5 Å². The summed E-state index contributed by atoms with van der Waals surface area (Å²) in [6.07, 6.45) is 0.111. The van der Waals surface area contributed by atoms with Gasteiger partial charge in [0, 0.05) is 29.1 Å². The second kappa shape index (κ2) is 6.08. The van der Waals surface area contributed by atoms with E-state index in [1.54, 1.807) is 0 Å². The van der Waals surface area contributed by atoms with Crippen molar-refractivity contribution < 1.29 is 9.26 Å². The van der Waals surface area contributed by atoms with Crippen LogP contribution in [0.1, 0.15) is 43.8 Å². The Morgan fingerprint density at radius 2 is 1.90 bits per heavy atom. The molecule has 1 heterocycles. The number of nitrogen functional groups attached to an aromatic ring is 1. The summed E-state index contributed by atoms with van der Waals surface area (Å²) in [6, 6.07) is 5.74. The minimum absolute atomic E-state index is 0.0740. The molecule has 2 aromatic rings. The number of hydrogen-bond acceptors (Lipinski definition) is 5. The predicted octanol–water partition coefficient (Wildman–Crippen LogP) is 3.83. The molecule has 1 unspecified atom stereocenters. The van der Waals surface area contributed by atoms with Gasteiger partial charge >= 0.3 is 0 Å². The summed E-state index contributed by atoms with van der Waals surface area (Å²) in [7, 11) is 0. The summed E-state index contributed by atoms with van der Waals surface area (Å²) in [5.41, 5.74) is 9.49. The lowest BCUT2D eigenvalue weighted by Crippen LogP contribution is -2.10. The van der Waals surface area contributed by atoms with Gasteiger partial charge in [-0.05, 0) is 40.7 Å². The molecule has 1 aromatic carbocycles. The number of rotatable bonds is 5. The fraction of sp³-hybridized carbons (Fsp3) is 0.438. The van der Waals surface area contributed by atoms with Gasteiger partial charge in [-0.25, -0.2) is 0 Å². The van der Waals surface area contributed by atoms with Crippen LogP contribution in [0.15, 0.2) is 22.7 Å². The molecule has 0 bridgehead atoms. The predicted molar refractivity (Wildman–Crippen MR) is 84.6 cm³/mol.